The molecule has 1 amide bonds. The third-order valence-corrected chi connectivity index (χ3v) is 9.96. The van der Waals surface area contributed by atoms with Crippen molar-refractivity contribution in [3.05, 3.63) is 60.8 Å². The molecule has 0 bridgehead atoms. The molecule has 0 spiro atoms. The molecule has 0 fully saturated rings. The standard InChI is InChI=1S/C44H79NO5S/c1-3-5-7-9-11-13-15-17-19-21-22-24-25-27-29-31-33-35-37-39-43(46)42(41-51(48,49)50)45-44(47)40-38-36-34-32-30-28-26-23-20-18-16-14-12-10-8-6-4-2/h6,8,12,14,18,20,29,31,37,39,42-43,46H,3-5,7,9-11,13,15-17,19,21-28,30,32-36,38,40-41H2,1-2H3,(H,45,47)(H,48,49,50)/b8-6-,14-12-,20-18-,31-29+,39-37+. The van der Waals surface area contributed by atoms with Gasteiger partial charge >= 0.3 is 0 Å². The zero-order chi connectivity index (χ0) is 37.5. The minimum atomic E-state index is -4.36. The Kier molecular flexibility index (Phi) is 36.3. The van der Waals surface area contributed by atoms with E-state index in [0.29, 0.717) is 12.8 Å². The summed E-state index contributed by atoms with van der Waals surface area (Å²) in [5.41, 5.74) is 0. The molecule has 0 heterocycles. The minimum Gasteiger partial charge on any atom is -0.387 e. The molecule has 51 heavy (non-hydrogen) atoms. The van der Waals surface area contributed by atoms with E-state index >= 15 is 0 Å². The molecular weight excluding hydrogens is 655 g/mol. The number of carbonyl (C=O) groups excluding carboxylic acids is 1. The first-order valence-electron chi connectivity index (χ1n) is 21.0. The monoisotopic (exact) mass is 734 g/mol. The average Bonchev–Trinajstić information content (AvgIpc) is 3.09. The van der Waals surface area contributed by atoms with Crippen LogP contribution in [0.2, 0.25) is 0 Å². The summed E-state index contributed by atoms with van der Waals surface area (Å²) < 4.78 is 32.5. The highest BCUT2D eigenvalue weighted by molar-refractivity contribution is 7.85. The maximum absolute atomic E-state index is 12.5. The average molecular weight is 734 g/mol. The molecule has 0 aromatic carbocycles. The molecule has 0 aliphatic rings. The number of hydrogen-bond acceptors (Lipinski definition) is 4. The molecule has 3 N–H and O–H groups in total. The molecule has 2 unspecified atom stereocenters. The largest absolute Gasteiger partial charge is 0.387 e. The van der Waals surface area contributed by atoms with E-state index < -0.39 is 28.0 Å². The Hall–Kier alpha value is -1.96. The molecule has 2 atom stereocenters. The molecule has 7 heteroatoms. The molecule has 0 aliphatic heterocycles. The van der Waals surface area contributed by atoms with Crippen molar-refractivity contribution in [1.82, 2.24) is 5.32 Å². The van der Waals surface area contributed by atoms with Crippen LogP contribution in [0, 0.1) is 0 Å². The van der Waals surface area contributed by atoms with Gasteiger partial charge in [-0.25, -0.2) is 0 Å². The topological polar surface area (TPSA) is 104 Å². The van der Waals surface area contributed by atoms with Crippen LogP contribution >= 0.6 is 0 Å². The fraction of sp³-hybridized carbons (Fsp3) is 0.750. The predicted molar refractivity (Wildman–Crippen MR) is 221 cm³/mol. The van der Waals surface area contributed by atoms with Gasteiger partial charge in [-0.3, -0.25) is 9.35 Å². The minimum absolute atomic E-state index is 0.274. The normalized spacial score (nSPS) is 13.9. The van der Waals surface area contributed by atoms with Gasteiger partial charge in [0.25, 0.3) is 10.1 Å². The Morgan fingerprint density at radius 3 is 1.47 bits per heavy atom. The summed E-state index contributed by atoms with van der Waals surface area (Å²) in [5.74, 6) is -1.02. The zero-order valence-electron chi connectivity index (χ0n) is 33.0. The van der Waals surface area contributed by atoms with Crippen LogP contribution in [-0.4, -0.2) is 41.9 Å². The number of rotatable bonds is 37. The van der Waals surface area contributed by atoms with Crippen molar-refractivity contribution < 1.29 is 22.9 Å². The maximum Gasteiger partial charge on any atom is 0.267 e. The first-order valence-corrected chi connectivity index (χ1v) is 22.6. The second-order valence-corrected chi connectivity index (χ2v) is 15.7. The second kappa shape index (κ2) is 37.8. The van der Waals surface area contributed by atoms with E-state index in [0.717, 1.165) is 57.8 Å². The second-order valence-electron chi connectivity index (χ2n) is 14.2. The Labute approximate surface area is 315 Å². The van der Waals surface area contributed by atoms with Crippen molar-refractivity contribution in [1.29, 1.82) is 0 Å². The fourth-order valence-electron chi connectivity index (χ4n) is 6.07. The quantitative estimate of drug-likeness (QED) is 0.0335. The van der Waals surface area contributed by atoms with Crippen LogP contribution in [0.3, 0.4) is 0 Å². The van der Waals surface area contributed by atoms with Gasteiger partial charge in [0.05, 0.1) is 17.9 Å². The third kappa shape index (κ3) is 39.1. The number of allylic oxidation sites excluding steroid dienone is 9. The van der Waals surface area contributed by atoms with Gasteiger partial charge in [-0.2, -0.15) is 8.42 Å². The lowest BCUT2D eigenvalue weighted by Gasteiger charge is -2.21. The molecule has 0 aromatic heterocycles. The molecule has 6 nitrogen and oxygen atoms in total. The fourth-order valence-corrected chi connectivity index (χ4v) is 6.80. The summed E-state index contributed by atoms with van der Waals surface area (Å²) in [6.45, 7) is 4.41. The van der Waals surface area contributed by atoms with E-state index in [4.69, 9.17) is 0 Å². The van der Waals surface area contributed by atoms with Crippen LogP contribution in [0.1, 0.15) is 194 Å². The van der Waals surface area contributed by atoms with Crippen LogP contribution in [0.25, 0.3) is 0 Å². The molecule has 0 aromatic rings. The van der Waals surface area contributed by atoms with Gasteiger partial charge in [0.15, 0.2) is 0 Å². The number of carbonyl (C=O) groups is 1. The van der Waals surface area contributed by atoms with E-state index in [1.807, 2.05) is 6.08 Å². The summed E-state index contributed by atoms with van der Waals surface area (Å²) in [6, 6.07) is -1.08. The van der Waals surface area contributed by atoms with Crippen molar-refractivity contribution >= 4 is 16.0 Å². The molecule has 0 rings (SSSR count). The van der Waals surface area contributed by atoms with Crippen molar-refractivity contribution in [3.8, 4) is 0 Å². The maximum atomic E-state index is 12.5. The van der Waals surface area contributed by atoms with Gasteiger partial charge in [0.2, 0.25) is 5.91 Å². The molecule has 296 valence electrons. The van der Waals surface area contributed by atoms with Gasteiger partial charge < -0.3 is 10.4 Å². The van der Waals surface area contributed by atoms with Gasteiger partial charge in [-0.1, -0.05) is 184 Å². The van der Waals surface area contributed by atoms with Crippen LogP contribution in [0.15, 0.2) is 60.8 Å². The Bertz CT molecular complexity index is 1030. The third-order valence-electron chi connectivity index (χ3n) is 9.18. The lowest BCUT2D eigenvalue weighted by Crippen LogP contribution is -2.46. The summed E-state index contributed by atoms with van der Waals surface area (Å²) in [4.78, 5) is 12.5. The van der Waals surface area contributed by atoms with Gasteiger partial charge in [-0.15, -0.1) is 0 Å². The summed E-state index contributed by atoms with van der Waals surface area (Å²) >= 11 is 0. The lowest BCUT2D eigenvalue weighted by molar-refractivity contribution is -0.122. The summed E-state index contributed by atoms with van der Waals surface area (Å²) in [5, 5.41) is 13.2. The molecule has 0 saturated heterocycles. The van der Waals surface area contributed by atoms with Crippen molar-refractivity contribution in [2.75, 3.05) is 5.75 Å². The van der Waals surface area contributed by atoms with Crippen LogP contribution in [0.4, 0.5) is 0 Å². The molecule has 0 radical (unpaired) electrons. The number of aliphatic hydroxyl groups is 1. The molecule has 0 aliphatic carbocycles. The van der Waals surface area contributed by atoms with Crippen molar-refractivity contribution in [3.63, 3.8) is 0 Å². The number of nitrogens with one attached hydrogen (secondary N) is 1. The van der Waals surface area contributed by atoms with Gasteiger partial charge in [-0.05, 0) is 64.2 Å². The number of amides is 1. The molecular formula is C44H79NO5S. The summed E-state index contributed by atoms with van der Waals surface area (Å²) in [6.07, 6.45) is 52.1. The SMILES string of the molecule is CC/C=C\C/C=C\C/C=C\CCCCCCCCCC(=O)NC(CS(=O)(=O)O)C(O)/C=C/CC/C=C/CCCCCCCCCCCCCCC. The van der Waals surface area contributed by atoms with Gasteiger partial charge in [0, 0.05) is 6.42 Å². The van der Waals surface area contributed by atoms with E-state index in [2.05, 4.69) is 67.8 Å². The highest BCUT2D eigenvalue weighted by Crippen LogP contribution is 2.14. The lowest BCUT2D eigenvalue weighted by atomic mass is 10.0. The number of hydrogen-bond donors (Lipinski definition) is 3. The first-order chi connectivity index (χ1) is 24.8. The van der Waals surface area contributed by atoms with Crippen LogP contribution < -0.4 is 5.32 Å². The highest BCUT2D eigenvalue weighted by atomic mass is 32.2. The van der Waals surface area contributed by atoms with Crippen molar-refractivity contribution in [2.45, 2.75) is 206 Å². The number of aliphatic hydroxyl groups excluding tert-OH is 1. The number of unbranched alkanes of at least 4 members (excludes halogenated alkanes) is 21. The molecule has 0 saturated carbocycles. The van der Waals surface area contributed by atoms with Crippen LogP contribution in [-0.2, 0) is 14.9 Å². The van der Waals surface area contributed by atoms with Crippen molar-refractivity contribution in [2.24, 2.45) is 0 Å². The van der Waals surface area contributed by atoms with Crippen LogP contribution in [0.5, 0.6) is 0 Å². The van der Waals surface area contributed by atoms with E-state index in [-0.39, 0.29) is 12.3 Å². The van der Waals surface area contributed by atoms with E-state index in [1.54, 1.807) is 0 Å². The Morgan fingerprint density at radius 1 is 0.549 bits per heavy atom. The van der Waals surface area contributed by atoms with E-state index in [1.165, 1.54) is 109 Å². The smallest absolute Gasteiger partial charge is 0.267 e. The van der Waals surface area contributed by atoms with E-state index in [9.17, 15) is 22.9 Å². The highest BCUT2D eigenvalue weighted by Gasteiger charge is 2.24. The Balaban J connectivity index is 3.98. The summed E-state index contributed by atoms with van der Waals surface area (Å²) in [7, 11) is -4.36. The zero-order valence-corrected chi connectivity index (χ0v) is 33.8. The predicted octanol–water partition coefficient (Wildman–Crippen LogP) is 12.5. The Morgan fingerprint density at radius 2 is 0.961 bits per heavy atom. The first kappa shape index (κ1) is 49.0. The van der Waals surface area contributed by atoms with Gasteiger partial charge in [0.1, 0.15) is 0 Å².